The molecule has 4 rings (SSSR count). The Hall–Kier alpha value is -1.84. The van der Waals surface area contributed by atoms with Gasteiger partial charge in [0.05, 0.1) is 7.11 Å². The molecule has 1 atom stereocenters. The number of hydrogen-bond acceptors (Lipinski definition) is 3. The number of rotatable bonds is 4. The Labute approximate surface area is 151 Å². The summed E-state index contributed by atoms with van der Waals surface area (Å²) in [6, 6.07) is 18.0. The first-order valence-corrected chi connectivity index (χ1v) is 9.48. The van der Waals surface area contributed by atoms with Crippen LogP contribution in [0, 0.1) is 0 Å². The highest BCUT2D eigenvalue weighted by atomic mass is 16.5. The van der Waals surface area contributed by atoms with Crippen LogP contribution in [0.5, 0.6) is 5.75 Å². The molecule has 25 heavy (non-hydrogen) atoms. The lowest BCUT2D eigenvalue weighted by molar-refractivity contribution is 0.0834. The smallest absolute Gasteiger partial charge is 0.123 e. The van der Waals surface area contributed by atoms with E-state index in [1.165, 1.54) is 50.0 Å². The van der Waals surface area contributed by atoms with Gasteiger partial charge in [-0.1, -0.05) is 42.5 Å². The maximum absolute atomic E-state index is 5.53. The first-order chi connectivity index (χ1) is 12.3. The Kier molecular flexibility index (Phi) is 5.04. The van der Waals surface area contributed by atoms with Crippen molar-refractivity contribution in [1.82, 2.24) is 9.80 Å². The van der Waals surface area contributed by atoms with E-state index >= 15 is 0 Å². The van der Waals surface area contributed by atoms with Crippen molar-refractivity contribution in [2.75, 3.05) is 26.7 Å². The summed E-state index contributed by atoms with van der Waals surface area (Å²) in [7, 11) is 1.77. The van der Waals surface area contributed by atoms with E-state index < -0.39 is 0 Å². The number of para-hydroxylation sites is 1. The van der Waals surface area contributed by atoms with Crippen molar-refractivity contribution >= 4 is 0 Å². The SMILES string of the molecule is COc1ccccc1CN1CCCC(N2CCc3ccccc3C2)C1. The Morgan fingerprint density at radius 2 is 1.80 bits per heavy atom. The van der Waals surface area contributed by atoms with Gasteiger partial charge in [0.2, 0.25) is 0 Å². The van der Waals surface area contributed by atoms with Crippen molar-refractivity contribution in [2.45, 2.75) is 38.4 Å². The van der Waals surface area contributed by atoms with Crippen LogP contribution in [0.4, 0.5) is 0 Å². The molecule has 0 radical (unpaired) electrons. The molecular formula is C22H28N2O. The molecule has 3 heteroatoms. The second-order valence-corrected chi connectivity index (χ2v) is 7.33. The Morgan fingerprint density at radius 3 is 2.68 bits per heavy atom. The number of piperidine rings is 1. The maximum Gasteiger partial charge on any atom is 0.123 e. The zero-order valence-electron chi connectivity index (χ0n) is 15.2. The van der Waals surface area contributed by atoms with E-state index in [0.717, 1.165) is 18.8 Å². The van der Waals surface area contributed by atoms with Gasteiger partial charge in [-0.2, -0.15) is 0 Å². The highest BCUT2D eigenvalue weighted by Crippen LogP contribution is 2.26. The van der Waals surface area contributed by atoms with Gasteiger partial charge < -0.3 is 4.74 Å². The number of hydrogen-bond donors (Lipinski definition) is 0. The van der Waals surface area contributed by atoms with Crippen LogP contribution in [0.25, 0.3) is 0 Å². The largest absolute Gasteiger partial charge is 0.496 e. The number of nitrogens with zero attached hydrogens (tertiary/aromatic N) is 2. The van der Waals surface area contributed by atoms with Gasteiger partial charge in [-0.3, -0.25) is 9.80 Å². The Balaban J connectivity index is 1.41. The number of ether oxygens (including phenoxy) is 1. The second-order valence-electron chi connectivity index (χ2n) is 7.33. The molecule has 0 saturated carbocycles. The summed E-state index contributed by atoms with van der Waals surface area (Å²) in [5, 5.41) is 0. The lowest BCUT2D eigenvalue weighted by Crippen LogP contribution is -2.49. The standard InChI is InChI=1S/C22H28N2O/c1-25-22-11-5-4-9-20(22)15-23-13-6-10-21(17-23)24-14-12-18-7-2-3-8-19(18)16-24/h2-5,7-9,11,21H,6,10,12-17H2,1H3. The zero-order valence-corrected chi connectivity index (χ0v) is 15.2. The fourth-order valence-corrected chi connectivity index (χ4v) is 4.38. The normalized spacial score (nSPS) is 21.7. The van der Waals surface area contributed by atoms with Crippen LogP contribution in [-0.2, 0) is 19.5 Å². The molecule has 0 N–H and O–H groups in total. The summed E-state index contributed by atoms with van der Waals surface area (Å²) in [6.45, 7) is 5.66. The lowest BCUT2D eigenvalue weighted by Gasteiger charge is -2.41. The van der Waals surface area contributed by atoms with Crippen molar-refractivity contribution in [3.8, 4) is 5.75 Å². The molecule has 0 bridgehead atoms. The highest BCUT2D eigenvalue weighted by Gasteiger charge is 2.28. The topological polar surface area (TPSA) is 15.7 Å². The third kappa shape index (κ3) is 3.73. The Bertz CT molecular complexity index is 715. The van der Waals surface area contributed by atoms with Crippen molar-refractivity contribution in [2.24, 2.45) is 0 Å². The molecule has 0 aliphatic carbocycles. The molecule has 132 valence electrons. The minimum atomic E-state index is 0.678. The molecule has 0 amide bonds. The van der Waals surface area contributed by atoms with E-state index in [9.17, 15) is 0 Å². The predicted molar refractivity (Wildman–Crippen MR) is 102 cm³/mol. The van der Waals surface area contributed by atoms with Gasteiger partial charge in [-0.05, 0) is 43.0 Å². The van der Waals surface area contributed by atoms with E-state index in [1.54, 1.807) is 12.7 Å². The fourth-order valence-electron chi connectivity index (χ4n) is 4.38. The van der Waals surface area contributed by atoms with E-state index in [4.69, 9.17) is 4.74 Å². The third-order valence-electron chi connectivity index (χ3n) is 5.74. The summed E-state index contributed by atoms with van der Waals surface area (Å²) in [4.78, 5) is 5.31. The highest BCUT2D eigenvalue weighted by molar-refractivity contribution is 5.33. The minimum absolute atomic E-state index is 0.678. The second kappa shape index (κ2) is 7.59. The van der Waals surface area contributed by atoms with E-state index in [1.807, 2.05) is 6.07 Å². The zero-order chi connectivity index (χ0) is 17.1. The minimum Gasteiger partial charge on any atom is -0.496 e. The van der Waals surface area contributed by atoms with Gasteiger partial charge in [-0.25, -0.2) is 0 Å². The lowest BCUT2D eigenvalue weighted by atomic mass is 9.96. The number of benzene rings is 2. The molecule has 1 unspecified atom stereocenters. The molecule has 3 nitrogen and oxygen atoms in total. The van der Waals surface area contributed by atoms with Crippen molar-refractivity contribution in [1.29, 1.82) is 0 Å². The molecule has 1 saturated heterocycles. The van der Waals surface area contributed by atoms with Gasteiger partial charge >= 0.3 is 0 Å². The molecule has 2 aromatic carbocycles. The first-order valence-electron chi connectivity index (χ1n) is 9.48. The van der Waals surface area contributed by atoms with Crippen LogP contribution in [-0.4, -0.2) is 42.6 Å². The average Bonchev–Trinajstić information content (AvgIpc) is 2.68. The van der Waals surface area contributed by atoms with Crippen LogP contribution in [0.1, 0.15) is 29.5 Å². The average molecular weight is 336 g/mol. The van der Waals surface area contributed by atoms with E-state index in [0.29, 0.717) is 6.04 Å². The fraction of sp³-hybridized carbons (Fsp3) is 0.455. The maximum atomic E-state index is 5.53. The summed E-state index contributed by atoms with van der Waals surface area (Å²) in [6.07, 6.45) is 3.81. The molecule has 2 aromatic rings. The van der Waals surface area contributed by atoms with Crippen molar-refractivity contribution in [3.63, 3.8) is 0 Å². The molecule has 2 heterocycles. The molecule has 0 spiro atoms. The van der Waals surface area contributed by atoms with Gasteiger partial charge in [0.25, 0.3) is 0 Å². The quantitative estimate of drug-likeness (QED) is 0.846. The molecule has 0 aromatic heterocycles. The summed E-state index contributed by atoms with van der Waals surface area (Å²) in [5.41, 5.74) is 4.37. The van der Waals surface area contributed by atoms with Gasteiger partial charge in [0, 0.05) is 37.8 Å². The predicted octanol–water partition coefficient (Wildman–Crippen LogP) is 3.72. The third-order valence-corrected chi connectivity index (χ3v) is 5.74. The van der Waals surface area contributed by atoms with Crippen LogP contribution in [0.15, 0.2) is 48.5 Å². The molecule has 2 aliphatic heterocycles. The number of fused-ring (bicyclic) bond motifs is 1. The van der Waals surface area contributed by atoms with Gasteiger partial charge in [-0.15, -0.1) is 0 Å². The first kappa shape index (κ1) is 16.6. The Morgan fingerprint density at radius 1 is 1.00 bits per heavy atom. The molecular weight excluding hydrogens is 308 g/mol. The molecule has 2 aliphatic rings. The van der Waals surface area contributed by atoms with Gasteiger partial charge in [0.1, 0.15) is 5.75 Å². The molecule has 1 fully saturated rings. The van der Waals surface area contributed by atoms with Crippen LogP contribution >= 0.6 is 0 Å². The van der Waals surface area contributed by atoms with E-state index in [-0.39, 0.29) is 0 Å². The summed E-state index contributed by atoms with van der Waals surface area (Å²) in [5.74, 6) is 1.01. The van der Waals surface area contributed by atoms with Crippen LogP contribution in [0.2, 0.25) is 0 Å². The number of likely N-dealkylation sites (tertiary alicyclic amines) is 1. The van der Waals surface area contributed by atoms with Crippen molar-refractivity contribution in [3.05, 3.63) is 65.2 Å². The summed E-state index contributed by atoms with van der Waals surface area (Å²) >= 11 is 0. The number of methoxy groups -OCH3 is 1. The van der Waals surface area contributed by atoms with Gasteiger partial charge in [0.15, 0.2) is 0 Å². The van der Waals surface area contributed by atoms with E-state index in [2.05, 4.69) is 52.3 Å². The van der Waals surface area contributed by atoms with Crippen LogP contribution < -0.4 is 4.74 Å². The van der Waals surface area contributed by atoms with Crippen molar-refractivity contribution < 1.29 is 4.74 Å². The van der Waals surface area contributed by atoms with Crippen LogP contribution in [0.3, 0.4) is 0 Å². The summed E-state index contributed by atoms with van der Waals surface area (Å²) < 4.78 is 5.53. The monoisotopic (exact) mass is 336 g/mol.